The number of hydrogen-bond acceptors (Lipinski definition) is 5. The van der Waals surface area contributed by atoms with Gasteiger partial charge in [0.25, 0.3) is 0 Å². The molecule has 3 rings (SSSR count). The van der Waals surface area contributed by atoms with E-state index < -0.39 is 19.9 Å². The fourth-order valence-corrected chi connectivity index (χ4v) is 6.42. The van der Waals surface area contributed by atoms with Crippen LogP contribution in [0.2, 0.25) is 0 Å². The molecule has 0 spiro atoms. The molecule has 0 radical (unpaired) electrons. The first-order chi connectivity index (χ1) is 10.3. The van der Waals surface area contributed by atoms with Crippen LogP contribution in [0.25, 0.3) is 0 Å². The van der Waals surface area contributed by atoms with Gasteiger partial charge in [-0.25, -0.2) is 21.1 Å². The molecule has 22 heavy (non-hydrogen) atoms. The van der Waals surface area contributed by atoms with Gasteiger partial charge in [0.15, 0.2) is 9.84 Å². The van der Waals surface area contributed by atoms with E-state index >= 15 is 0 Å². The van der Waals surface area contributed by atoms with Crippen molar-refractivity contribution in [3.63, 3.8) is 0 Å². The monoisotopic (exact) mass is 347 g/mol. The van der Waals surface area contributed by atoms with Gasteiger partial charge >= 0.3 is 0 Å². The Kier molecular flexibility index (Phi) is 4.07. The largest absolute Gasteiger partial charge is 0.281 e. The van der Waals surface area contributed by atoms with Crippen molar-refractivity contribution in [2.75, 3.05) is 19.3 Å². The molecule has 2 heterocycles. The Hall–Kier alpha value is -0.930. The Labute approximate surface area is 131 Å². The van der Waals surface area contributed by atoms with Crippen LogP contribution in [0.15, 0.2) is 11.1 Å². The van der Waals surface area contributed by atoms with Crippen molar-refractivity contribution in [3.05, 3.63) is 11.9 Å². The second-order valence-electron chi connectivity index (χ2n) is 6.22. The Morgan fingerprint density at radius 3 is 2.50 bits per heavy atom. The normalized spacial score (nSPS) is 25.0. The highest BCUT2D eigenvalue weighted by Crippen LogP contribution is 2.35. The topological polar surface area (TPSA) is 100 Å². The summed E-state index contributed by atoms with van der Waals surface area (Å²) in [5.41, 5.74) is 0.534. The molecular formula is C13H21N3O4S2. The van der Waals surface area contributed by atoms with E-state index in [0.717, 1.165) is 31.9 Å². The molecular weight excluding hydrogens is 326 g/mol. The van der Waals surface area contributed by atoms with Gasteiger partial charge in [-0.2, -0.15) is 5.10 Å². The third-order valence-corrected chi connectivity index (χ3v) is 8.16. The second-order valence-corrected chi connectivity index (χ2v) is 10.4. The minimum Gasteiger partial charge on any atom is -0.281 e. The van der Waals surface area contributed by atoms with E-state index in [1.165, 1.54) is 10.5 Å². The first-order valence-corrected chi connectivity index (χ1v) is 10.9. The van der Waals surface area contributed by atoms with Crippen LogP contribution in [-0.2, 0) is 19.9 Å². The summed E-state index contributed by atoms with van der Waals surface area (Å²) in [5, 5.41) is 6.31. The number of nitrogens with one attached hydrogen (secondary N) is 1. The summed E-state index contributed by atoms with van der Waals surface area (Å²) in [6.07, 6.45) is 6.49. The van der Waals surface area contributed by atoms with Crippen LogP contribution < -0.4 is 0 Å². The summed E-state index contributed by atoms with van der Waals surface area (Å²) < 4.78 is 50.3. The van der Waals surface area contributed by atoms with Gasteiger partial charge in [-0.15, -0.1) is 0 Å². The number of sulfonamides is 1. The molecule has 0 aromatic carbocycles. The average Bonchev–Trinajstić information content (AvgIpc) is 3.18. The van der Waals surface area contributed by atoms with Crippen molar-refractivity contribution >= 4 is 19.9 Å². The van der Waals surface area contributed by atoms with E-state index in [1.807, 2.05) is 0 Å². The summed E-state index contributed by atoms with van der Waals surface area (Å²) in [7, 11) is -6.62. The second kappa shape index (κ2) is 5.61. The SMILES string of the molecule is CS(=O)(=O)c1cn[nH]c1[C@@H]1CCN(S(=O)(=O)C2CCCC2)C1. The molecule has 1 saturated heterocycles. The highest BCUT2D eigenvalue weighted by Gasteiger charge is 2.39. The van der Waals surface area contributed by atoms with Crippen LogP contribution in [0.1, 0.15) is 43.7 Å². The minimum atomic E-state index is -3.36. The molecule has 0 amide bonds. The van der Waals surface area contributed by atoms with Crippen molar-refractivity contribution in [1.82, 2.24) is 14.5 Å². The quantitative estimate of drug-likeness (QED) is 0.871. The maximum Gasteiger partial charge on any atom is 0.217 e. The molecule has 2 aliphatic rings. The summed E-state index contributed by atoms with van der Waals surface area (Å²) in [6, 6.07) is 0. The van der Waals surface area contributed by atoms with Crippen molar-refractivity contribution < 1.29 is 16.8 Å². The maximum atomic E-state index is 12.6. The Morgan fingerprint density at radius 1 is 1.18 bits per heavy atom. The van der Waals surface area contributed by atoms with Gasteiger partial charge in [-0.1, -0.05) is 12.8 Å². The Bertz CT molecular complexity index is 748. The van der Waals surface area contributed by atoms with E-state index in [4.69, 9.17) is 0 Å². The molecule has 1 N–H and O–H groups in total. The highest BCUT2D eigenvalue weighted by atomic mass is 32.2. The smallest absolute Gasteiger partial charge is 0.217 e. The molecule has 1 aliphatic heterocycles. The van der Waals surface area contributed by atoms with E-state index in [-0.39, 0.29) is 16.1 Å². The van der Waals surface area contributed by atoms with E-state index in [2.05, 4.69) is 10.2 Å². The van der Waals surface area contributed by atoms with Crippen molar-refractivity contribution in [2.24, 2.45) is 0 Å². The summed E-state index contributed by atoms with van der Waals surface area (Å²) in [6.45, 7) is 0.787. The third kappa shape index (κ3) is 2.81. The van der Waals surface area contributed by atoms with Crippen molar-refractivity contribution in [3.8, 4) is 0 Å². The van der Waals surface area contributed by atoms with Crippen LogP contribution in [-0.4, -0.2) is 55.9 Å². The lowest BCUT2D eigenvalue weighted by Gasteiger charge is -2.21. The van der Waals surface area contributed by atoms with Crippen LogP contribution >= 0.6 is 0 Å². The van der Waals surface area contributed by atoms with Crippen LogP contribution in [0, 0.1) is 0 Å². The van der Waals surface area contributed by atoms with Gasteiger partial charge in [0, 0.05) is 25.3 Å². The summed E-state index contributed by atoms with van der Waals surface area (Å²) in [4.78, 5) is 0.178. The molecule has 1 aliphatic carbocycles. The summed E-state index contributed by atoms with van der Waals surface area (Å²) >= 11 is 0. The van der Waals surface area contributed by atoms with E-state index in [0.29, 0.717) is 25.2 Å². The third-order valence-electron chi connectivity index (χ3n) is 4.67. The number of aromatic nitrogens is 2. The molecule has 1 aromatic rings. The maximum absolute atomic E-state index is 12.6. The van der Waals surface area contributed by atoms with Crippen LogP contribution in [0.5, 0.6) is 0 Å². The average molecular weight is 347 g/mol. The van der Waals surface area contributed by atoms with E-state index in [1.54, 1.807) is 0 Å². The molecule has 1 atom stereocenters. The fraction of sp³-hybridized carbons (Fsp3) is 0.769. The zero-order valence-electron chi connectivity index (χ0n) is 12.5. The zero-order chi connectivity index (χ0) is 16.0. The number of nitrogens with zero attached hydrogens (tertiary/aromatic N) is 2. The Balaban J connectivity index is 1.80. The van der Waals surface area contributed by atoms with Gasteiger partial charge in [-0.05, 0) is 19.3 Å². The Morgan fingerprint density at radius 2 is 1.86 bits per heavy atom. The van der Waals surface area contributed by atoms with Crippen molar-refractivity contribution in [1.29, 1.82) is 0 Å². The van der Waals surface area contributed by atoms with E-state index in [9.17, 15) is 16.8 Å². The van der Waals surface area contributed by atoms with Crippen LogP contribution in [0.4, 0.5) is 0 Å². The first kappa shape index (κ1) is 15.9. The predicted molar refractivity (Wildman–Crippen MR) is 81.8 cm³/mol. The molecule has 9 heteroatoms. The molecule has 1 saturated carbocycles. The highest BCUT2D eigenvalue weighted by molar-refractivity contribution is 7.90. The van der Waals surface area contributed by atoms with Gasteiger partial charge in [0.1, 0.15) is 4.90 Å². The molecule has 7 nitrogen and oxygen atoms in total. The van der Waals surface area contributed by atoms with Crippen molar-refractivity contribution in [2.45, 2.75) is 48.2 Å². The molecule has 1 aromatic heterocycles. The molecule has 0 unspecified atom stereocenters. The van der Waals surface area contributed by atoms with Gasteiger partial charge in [-0.3, -0.25) is 5.10 Å². The molecule has 2 fully saturated rings. The minimum absolute atomic E-state index is 0.136. The number of hydrogen-bond donors (Lipinski definition) is 1. The van der Waals surface area contributed by atoms with Gasteiger partial charge in [0.2, 0.25) is 10.0 Å². The zero-order valence-corrected chi connectivity index (χ0v) is 14.2. The number of aromatic amines is 1. The lowest BCUT2D eigenvalue weighted by Crippen LogP contribution is -2.36. The predicted octanol–water partition coefficient (Wildman–Crippen LogP) is 0.875. The molecule has 124 valence electrons. The fourth-order valence-electron chi connectivity index (χ4n) is 3.47. The van der Waals surface area contributed by atoms with Gasteiger partial charge in [0.05, 0.1) is 17.1 Å². The number of rotatable bonds is 4. The lowest BCUT2D eigenvalue weighted by molar-refractivity contribution is 0.459. The van der Waals surface area contributed by atoms with Crippen LogP contribution in [0.3, 0.4) is 0 Å². The molecule has 0 bridgehead atoms. The lowest BCUT2D eigenvalue weighted by atomic mass is 10.1. The summed E-state index contributed by atoms with van der Waals surface area (Å²) in [5.74, 6) is -0.136. The standard InChI is InChI=1S/C13H21N3O4S2/c1-21(17,18)12-8-14-15-13(12)10-6-7-16(9-10)22(19,20)11-4-2-3-5-11/h8,10-11H,2-7,9H2,1H3,(H,14,15)/t10-/m1/s1. The first-order valence-electron chi connectivity index (χ1n) is 7.52. The number of sulfone groups is 1. The van der Waals surface area contributed by atoms with Gasteiger partial charge < -0.3 is 0 Å². The number of H-pyrrole nitrogens is 1.